The lowest BCUT2D eigenvalue weighted by Crippen LogP contribution is -2.42. The van der Waals surface area contributed by atoms with Crippen LogP contribution in [0.25, 0.3) is 0 Å². The van der Waals surface area contributed by atoms with Crippen molar-refractivity contribution >= 4 is 12.0 Å². The number of hydrogen-bond acceptors (Lipinski definition) is 3. The molecule has 0 fully saturated rings. The van der Waals surface area contributed by atoms with Gasteiger partial charge in [-0.05, 0) is 13.3 Å². The van der Waals surface area contributed by atoms with E-state index in [0.717, 1.165) is 5.57 Å². The fourth-order valence-corrected chi connectivity index (χ4v) is 1.69. The third-order valence-electron chi connectivity index (χ3n) is 2.60. The van der Waals surface area contributed by atoms with Gasteiger partial charge in [0.15, 0.2) is 0 Å². The average Bonchev–Trinajstić information content (AvgIpc) is 2.76. The monoisotopic (exact) mass is 268 g/mol. The normalized spacial score (nSPS) is 21.1. The standard InChI is InChI=1S/C13H20N2O4/c1-9(2)8-19-6-5-14-13(18)15-11-4-3-10(7-11)12(16)17/h3-4,10-11H,1,5-8H2,2H3,(H,16,17)(H2,14,15,18). The molecule has 0 saturated carbocycles. The minimum Gasteiger partial charge on any atom is -0.481 e. The molecule has 0 aromatic rings. The number of urea groups is 1. The summed E-state index contributed by atoms with van der Waals surface area (Å²) in [7, 11) is 0. The van der Waals surface area contributed by atoms with Crippen molar-refractivity contribution in [2.45, 2.75) is 19.4 Å². The zero-order chi connectivity index (χ0) is 14.3. The van der Waals surface area contributed by atoms with Gasteiger partial charge in [0.2, 0.25) is 0 Å². The number of aliphatic carboxylic acids is 1. The SMILES string of the molecule is C=C(C)COCCNC(=O)NC1C=CC(C(=O)O)C1. The third kappa shape index (κ3) is 6.05. The molecule has 0 spiro atoms. The number of nitrogens with one attached hydrogen (secondary N) is 2. The highest BCUT2D eigenvalue weighted by Gasteiger charge is 2.25. The maximum absolute atomic E-state index is 11.5. The molecule has 19 heavy (non-hydrogen) atoms. The van der Waals surface area contributed by atoms with Crippen LogP contribution in [0.3, 0.4) is 0 Å². The van der Waals surface area contributed by atoms with E-state index in [1.807, 2.05) is 6.92 Å². The van der Waals surface area contributed by atoms with Gasteiger partial charge in [-0.3, -0.25) is 4.79 Å². The van der Waals surface area contributed by atoms with E-state index in [2.05, 4.69) is 17.2 Å². The molecule has 0 heterocycles. The maximum atomic E-state index is 11.5. The lowest BCUT2D eigenvalue weighted by atomic mass is 10.1. The number of carboxylic acids is 1. The quantitative estimate of drug-likeness (QED) is 0.473. The molecule has 1 aliphatic carbocycles. The van der Waals surface area contributed by atoms with Gasteiger partial charge >= 0.3 is 12.0 Å². The van der Waals surface area contributed by atoms with Crippen molar-refractivity contribution in [3.8, 4) is 0 Å². The minimum absolute atomic E-state index is 0.225. The molecule has 1 rings (SSSR count). The highest BCUT2D eigenvalue weighted by atomic mass is 16.5. The Labute approximate surface area is 112 Å². The summed E-state index contributed by atoms with van der Waals surface area (Å²) in [6, 6.07) is -0.544. The number of rotatable bonds is 7. The fourth-order valence-electron chi connectivity index (χ4n) is 1.69. The molecular formula is C13H20N2O4. The van der Waals surface area contributed by atoms with Gasteiger partial charge in [-0.2, -0.15) is 0 Å². The molecule has 0 radical (unpaired) electrons. The second-order valence-electron chi connectivity index (χ2n) is 4.58. The Morgan fingerprint density at radius 1 is 1.47 bits per heavy atom. The molecule has 2 unspecified atom stereocenters. The molecule has 3 N–H and O–H groups in total. The summed E-state index contributed by atoms with van der Waals surface area (Å²) < 4.78 is 5.23. The molecular weight excluding hydrogens is 248 g/mol. The van der Waals surface area contributed by atoms with Crippen LogP contribution < -0.4 is 10.6 Å². The molecule has 6 heteroatoms. The number of carbonyl (C=O) groups excluding carboxylic acids is 1. The summed E-state index contributed by atoms with van der Waals surface area (Å²) in [5, 5.41) is 14.1. The summed E-state index contributed by atoms with van der Waals surface area (Å²) in [6.45, 7) is 6.86. The van der Waals surface area contributed by atoms with E-state index < -0.39 is 11.9 Å². The summed E-state index contributed by atoms with van der Waals surface area (Å²) in [6.07, 6.45) is 3.70. The van der Waals surface area contributed by atoms with Crippen molar-refractivity contribution in [2.75, 3.05) is 19.8 Å². The van der Waals surface area contributed by atoms with Crippen molar-refractivity contribution in [1.82, 2.24) is 10.6 Å². The average molecular weight is 268 g/mol. The second kappa shape index (κ2) is 7.58. The number of carbonyl (C=O) groups is 2. The number of hydrogen-bond donors (Lipinski definition) is 3. The first-order chi connectivity index (χ1) is 8.99. The predicted molar refractivity (Wildman–Crippen MR) is 70.8 cm³/mol. The van der Waals surface area contributed by atoms with E-state index in [1.165, 1.54) is 0 Å². The van der Waals surface area contributed by atoms with Crippen LogP contribution in [0.1, 0.15) is 13.3 Å². The number of ether oxygens (including phenoxy) is 1. The zero-order valence-corrected chi connectivity index (χ0v) is 11.0. The van der Waals surface area contributed by atoms with E-state index in [-0.39, 0.29) is 12.1 Å². The Kier molecular flexibility index (Phi) is 6.08. The van der Waals surface area contributed by atoms with Gasteiger partial charge in [0.05, 0.1) is 25.2 Å². The van der Waals surface area contributed by atoms with Gasteiger partial charge in [0.1, 0.15) is 0 Å². The minimum atomic E-state index is -0.867. The van der Waals surface area contributed by atoms with Crippen molar-refractivity contribution in [3.63, 3.8) is 0 Å². The van der Waals surface area contributed by atoms with Gasteiger partial charge in [-0.1, -0.05) is 24.3 Å². The van der Waals surface area contributed by atoms with Crippen LogP contribution in [0, 0.1) is 5.92 Å². The number of carboxylic acid groups (broad SMARTS) is 1. The largest absolute Gasteiger partial charge is 0.481 e. The van der Waals surface area contributed by atoms with Crippen molar-refractivity contribution in [2.24, 2.45) is 5.92 Å². The summed E-state index contributed by atoms with van der Waals surface area (Å²) in [4.78, 5) is 22.2. The van der Waals surface area contributed by atoms with Crippen LogP contribution >= 0.6 is 0 Å². The summed E-state index contributed by atoms with van der Waals surface area (Å²) in [5.74, 6) is -1.38. The molecule has 0 aromatic heterocycles. The van der Waals surface area contributed by atoms with Gasteiger partial charge in [-0.15, -0.1) is 0 Å². The highest BCUT2D eigenvalue weighted by Crippen LogP contribution is 2.17. The lowest BCUT2D eigenvalue weighted by molar-refractivity contribution is -0.140. The first-order valence-electron chi connectivity index (χ1n) is 6.16. The van der Waals surface area contributed by atoms with Crippen molar-refractivity contribution in [1.29, 1.82) is 0 Å². The molecule has 0 aliphatic heterocycles. The van der Waals surface area contributed by atoms with E-state index in [4.69, 9.17) is 9.84 Å². The zero-order valence-electron chi connectivity index (χ0n) is 11.0. The molecule has 2 amide bonds. The lowest BCUT2D eigenvalue weighted by Gasteiger charge is -2.13. The molecule has 0 bridgehead atoms. The fraction of sp³-hybridized carbons (Fsp3) is 0.538. The van der Waals surface area contributed by atoms with Crippen LogP contribution in [-0.4, -0.2) is 42.9 Å². The van der Waals surface area contributed by atoms with Crippen LogP contribution in [0.5, 0.6) is 0 Å². The molecule has 6 nitrogen and oxygen atoms in total. The predicted octanol–water partition coefficient (Wildman–Crippen LogP) is 0.908. The van der Waals surface area contributed by atoms with Gasteiger partial charge in [-0.25, -0.2) is 4.79 Å². The second-order valence-corrected chi connectivity index (χ2v) is 4.58. The van der Waals surface area contributed by atoms with E-state index >= 15 is 0 Å². The van der Waals surface area contributed by atoms with Gasteiger partial charge < -0.3 is 20.5 Å². The third-order valence-corrected chi connectivity index (χ3v) is 2.60. The number of amides is 2. The van der Waals surface area contributed by atoms with Crippen LogP contribution in [0.2, 0.25) is 0 Å². The molecule has 2 atom stereocenters. The van der Waals surface area contributed by atoms with Crippen molar-refractivity contribution in [3.05, 3.63) is 24.3 Å². The van der Waals surface area contributed by atoms with E-state index in [1.54, 1.807) is 12.2 Å². The first kappa shape index (κ1) is 15.2. The molecule has 106 valence electrons. The summed E-state index contributed by atoms with van der Waals surface area (Å²) in [5.41, 5.74) is 0.931. The highest BCUT2D eigenvalue weighted by molar-refractivity contribution is 5.76. The molecule has 0 saturated heterocycles. The van der Waals surface area contributed by atoms with E-state index in [0.29, 0.717) is 26.2 Å². The maximum Gasteiger partial charge on any atom is 0.315 e. The first-order valence-corrected chi connectivity index (χ1v) is 6.16. The Bertz CT molecular complexity index is 379. The van der Waals surface area contributed by atoms with Crippen LogP contribution in [0.4, 0.5) is 4.79 Å². The van der Waals surface area contributed by atoms with Crippen LogP contribution in [0.15, 0.2) is 24.3 Å². The smallest absolute Gasteiger partial charge is 0.315 e. The molecule has 0 aromatic carbocycles. The van der Waals surface area contributed by atoms with Gasteiger partial charge in [0, 0.05) is 6.54 Å². The van der Waals surface area contributed by atoms with Crippen molar-refractivity contribution < 1.29 is 19.4 Å². The topological polar surface area (TPSA) is 87.7 Å². The van der Waals surface area contributed by atoms with Gasteiger partial charge in [0.25, 0.3) is 0 Å². The Morgan fingerprint density at radius 3 is 2.79 bits per heavy atom. The Hall–Kier alpha value is -1.82. The Morgan fingerprint density at radius 2 is 2.21 bits per heavy atom. The summed E-state index contributed by atoms with van der Waals surface area (Å²) >= 11 is 0. The van der Waals surface area contributed by atoms with Crippen LogP contribution in [-0.2, 0) is 9.53 Å². The van der Waals surface area contributed by atoms with E-state index in [9.17, 15) is 9.59 Å². The Balaban J connectivity index is 2.10. The molecule has 1 aliphatic rings.